The van der Waals surface area contributed by atoms with Crippen LogP contribution in [0.5, 0.6) is 11.5 Å². The van der Waals surface area contributed by atoms with Gasteiger partial charge in [-0.25, -0.2) is 4.79 Å². The summed E-state index contributed by atoms with van der Waals surface area (Å²) in [6.45, 7) is 6.78. The zero-order valence-corrected chi connectivity index (χ0v) is 18.9. The van der Waals surface area contributed by atoms with E-state index in [1.54, 1.807) is 19.2 Å². The van der Waals surface area contributed by atoms with E-state index in [0.29, 0.717) is 18.0 Å². The first-order chi connectivity index (χ1) is 15.4. The average Bonchev–Trinajstić information content (AvgIpc) is 2.77. The van der Waals surface area contributed by atoms with Gasteiger partial charge in [0.1, 0.15) is 17.1 Å². The number of carboxylic acids is 1. The second kappa shape index (κ2) is 8.09. The zero-order chi connectivity index (χ0) is 22.5. The van der Waals surface area contributed by atoms with Crippen molar-refractivity contribution < 1.29 is 24.1 Å². The number of benzene rings is 2. The van der Waals surface area contributed by atoms with Gasteiger partial charge in [0, 0.05) is 37.2 Å². The Hall–Kier alpha value is -2.57. The Balaban J connectivity index is 1.35. The largest absolute Gasteiger partial charge is 0.497 e. The number of nitrogens with zero attached hydrogens (tertiary/aromatic N) is 1. The van der Waals surface area contributed by atoms with Crippen molar-refractivity contribution in [2.45, 2.75) is 51.0 Å². The van der Waals surface area contributed by atoms with Gasteiger partial charge in [-0.15, -0.1) is 0 Å². The van der Waals surface area contributed by atoms with E-state index in [0.717, 1.165) is 48.6 Å². The molecule has 6 nitrogen and oxygen atoms in total. The van der Waals surface area contributed by atoms with Crippen LogP contribution in [0.3, 0.4) is 0 Å². The van der Waals surface area contributed by atoms with Gasteiger partial charge in [-0.05, 0) is 56.4 Å². The highest BCUT2D eigenvalue weighted by atomic mass is 16.5. The minimum atomic E-state index is -0.865. The minimum Gasteiger partial charge on any atom is -0.497 e. The molecule has 0 amide bonds. The maximum atomic E-state index is 11.6. The van der Waals surface area contributed by atoms with E-state index >= 15 is 0 Å². The third-order valence-electron chi connectivity index (χ3n) is 7.43. The molecule has 0 aromatic heterocycles. The van der Waals surface area contributed by atoms with Gasteiger partial charge in [0.25, 0.3) is 0 Å². The fourth-order valence-corrected chi connectivity index (χ4v) is 5.74. The predicted octanol–water partition coefficient (Wildman–Crippen LogP) is 4.53. The summed E-state index contributed by atoms with van der Waals surface area (Å²) in [4.78, 5) is 14.0. The van der Waals surface area contributed by atoms with Crippen molar-refractivity contribution in [1.29, 1.82) is 0 Å². The molecule has 5 rings (SSSR count). The number of methoxy groups -OCH3 is 1. The Kier molecular flexibility index (Phi) is 5.38. The number of ether oxygens (including phenoxy) is 3. The summed E-state index contributed by atoms with van der Waals surface area (Å²) in [5.74, 6) is 1.45. The van der Waals surface area contributed by atoms with E-state index in [-0.39, 0.29) is 23.7 Å². The summed E-state index contributed by atoms with van der Waals surface area (Å²) in [7, 11) is 1.67. The minimum absolute atomic E-state index is 0.0280. The first-order valence-electron chi connectivity index (χ1n) is 11.4. The first-order valence-corrected chi connectivity index (χ1v) is 11.4. The second-order valence-corrected chi connectivity index (χ2v) is 9.79. The standard InChI is InChI=1S/C26H31NO5/c1-26(2)21-12-17-15-27(14-16-6-4-5-7-19(16)25(28)29)11-10-22(17)31-24(21)20-9-8-18(30-3)13-23(20)32-26/h4-9,13,17,21-22,24H,10-12,14-15H2,1-3H3,(H,28,29)/t17-,21+,22+,24-/m1/s1. The van der Waals surface area contributed by atoms with Crippen LogP contribution < -0.4 is 9.47 Å². The smallest absolute Gasteiger partial charge is 0.336 e. The van der Waals surface area contributed by atoms with Crippen molar-refractivity contribution in [3.8, 4) is 11.5 Å². The fraction of sp³-hybridized carbons (Fsp3) is 0.500. The van der Waals surface area contributed by atoms with Crippen LogP contribution in [-0.2, 0) is 11.3 Å². The Morgan fingerprint density at radius 1 is 1.25 bits per heavy atom. The Bertz CT molecular complexity index is 1020. The molecule has 0 bridgehead atoms. The van der Waals surface area contributed by atoms with Crippen molar-refractivity contribution in [3.05, 3.63) is 59.2 Å². The highest BCUT2D eigenvalue weighted by Crippen LogP contribution is 2.53. The van der Waals surface area contributed by atoms with Crippen molar-refractivity contribution in [1.82, 2.24) is 4.90 Å². The molecule has 2 fully saturated rings. The van der Waals surface area contributed by atoms with Crippen LogP contribution in [0.1, 0.15) is 54.3 Å². The van der Waals surface area contributed by atoms with E-state index in [1.807, 2.05) is 24.3 Å². The fourth-order valence-electron chi connectivity index (χ4n) is 5.74. The molecule has 0 aliphatic carbocycles. The molecule has 1 N–H and O–H groups in total. The molecular weight excluding hydrogens is 406 g/mol. The molecule has 2 aromatic carbocycles. The van der Waals surface area contributed by atoms with Crippen molar-refractivity contribution in [2.24, 2.45) is 11.8 Å². The van der Waals surface area contributed by atoms with Gasteiger partial charge in [0.2, 0.25) is 0 Å². The first kappa shape index (κ1) is 21.3. The highest BCUT2D eigenvalue weighted by Gasteiger charge is 2.51. The van der Waals surface area contributed by atoms with Gasteiger partial charge in [-0.1, -0.05) is 18.2 Å². The van der Waals surface area contributed by atoms with Gasteiger partial charge in [0.05, 0.1) is 24.9 Å². The van der Waals surface area contributed by atoms with Crippen LogP contribution in [-0.4, -0.2) is 47.9 Å². The van der Waals surface area contributed by atoms with Gasteiger partial charge in [0.15, 0.2) is 0 Å². The Morgan fingerprint density at radius 3 is 2.84 bits per heavy atom. The topological polar surface area (TPSA) is 68.2 Å². The number of fused-ring (bicyclic) bond motifs is 4. The monoisotopic (exact) mass is 437 g/mol. The second-order valence-electron chi connectivity index (χ2n) is 9.79. The molecule has 0 unspecified atom stereocenters. The van der Waals surface area contributed by atoms with E-state index in [2.05, 4.69) is 24.8 Å². The van der Waals surface area contributed by atoms with Crippen LogP contribution >= 0.6 is 0 Å². The van der Waals surface area contributed by atoms with Gasteiger partial charge < -0.3 is 19.3 Å². The third-order valence-corrected chi connectivity index (χ3v) is 7.43. The maximum absolute atomic E-state index is 11.6. The number of likely N-dealkylation sites (tertiary alicyclic amines) is 1. The summed E-state index contributed by atoms with van der Waals surface area (Å²) in [6, 6.07) is 13.3. The number of carbonyl (C=O) groups is 1. The SMILES string of the molecule is COc1ccc2c(c1)OC(C)(C)[C@H]1C[C@@H]3CN(Cc4ccccc4C(=O)O)CC[C@@H]3O[C@H]21. The molecule has 170 valence electrons. The Labute approximate surface area is 189 Å². The molecular formula is C26H31NO5. The van der Waals surface area contributed by atoms with E-state index < -0.39 is 5.97 Å². The molecule has 6 heteroatoms. The van der Waals surface area contributed by atoms with Gasteiger partial charge in [-0.2, -0.15) is 0 Å². The zero-order valence-electron chi connectivity index (χ0n) is 18.9. The summed E-state index contributed by atoms with van der Waals surface area (Å²) >= 11 is 0. The lowest BCUT2D eigenvalue weighted by atomic mass is 9.70. The third kappa shape index (κ3) is 3.76. The van der Waals surface area contributed by atoms with Crippen LogP contribution in [0.4, 0.5) is 0 Å². The number of rotatable bonds is 4. The van der Waals surface area contributed by atoms with Crippen LogP contribution in [0.15, 0.2) is 42.5 Å². The molecule has 0 saturated carbocycles. The lowest BCUT2D eigenvalue weighted by molar-refractivity contribution is -0.187. The van der Waals surface area contributed by atoms with Crippen molar-refractivity contribution in [2.75, 3.05) is 20.2 Å². The Morgan fingerprint density at radius 2 is 2.06 bits per heavy atom. The molecule has 2 saturated heterocycles. The quantitative estimate of drug-likeness (QED) is 0.758. The molecule has 3 aliphatic heterocycles. The average molecular weight is 438 g/mol. The summed E-state index contributed by atoms with van der Waals surface area (Å²) in [5, 5.41) is 9.52. The van der Waals surface area contributed by atoms with E-state index in [9.17, 15) is 9.90 Å². The van der Waals surface area contributed by atoms with Crippen LogP contribution in [0.2, 0.25) is 0 Å². The molecule has 4 atom stereocenters. The predicted molar refractivity (Wildman–Crippen MR) is 120 cm³/mol. The lowest BCUT2D eigenvalue weighted by Crippen LogP contribution is -2.55. The van der Waals surface area contributed by atoms with Gasteiger partial charge >= 0.3 is 5.97 Å². The number of hydrogen-bond donors (Lipinski definition) is 1. The molecule has 32 heavy (non-hydrogen) atoms. The van der Waals surface area contributed by atoms with E-state index in [4.69, 9.17) is 14.2 Å². The molecule has 3 heterocycles. The van der Waals surface area contributed by atoms with Crippen molar-refractivity contribution >= 4 is 5.97 Å². The maximum Gasteiger partial charge on any atom is 0.336 e. The molecule has 2 aromatic rings. The highest BCUT2D eigenvalue weighted by molar-refractivity contribution is 5.89. The molecule has 3 aliphatic rings. The number of carboxylic acid groups (broad SMARTS) is 1. The van der Waals surface area contributed by atoms with Crippen molar-refractivity contribution in [3.63, 3.8) is 0 Å². The van der Waals surface area contributed by atoms with E-state index in [1.165, 1.54) is 0 Å². The number of piperidine rings is 1. The van der Waals surface area contributed by atoms with Crippen LogP contribution in [0.25, 0.3) is 0 Å². The summed E-state index contributed by atoms with van der Waals surface area (Å²) in [5.41, 5.74) is 2.04. The summed E-state index contributed by atoms with van der Waals surface area (Å²) in [6.07, 6.45) is 2.23. The lowest BCUT2D eigenvalue weighted by Gasteiger charge is -2.53. The van der Waals surface area contributed by atoms with Crippen LogP contribution in [0, 0.1) is 11.8 Å². The number of aromatic carboxylic acids is 1. The number of hydrogen-bond acceptors (Lipinski definition) is 5. The molecule has 0 spiro atoms. The normalized spacial score (nSPS) is 28.6. The van der Waals surface area contributed by atoms with Gasteiger partial charge in [-0.3, -0.25) is 4.90 Å². The molecule has 0 radical (unpaired) electrons. The summed E-state index contributed by atoms with van der Waals surface area (Å²) < 4.78 is 18.6.